The molecule has 0 fully saturated rings. The number of nitrogens with two attached hydrogens (primary N) is 1. The lowest BCUT2D eigenvalue weighted by Gasteiger charge is -2.28. The fourth-order valence-corrected chi connectivity index (χ4v) is 3.49. The van der Waals surface area contributed by atoms with Crippen LogP contribution in [0.4, 0.5) is 15.6 Å². The number of carbonyl (C=O) groups is 2. The average molecular weight is 438 g/mol. The highest BCUT2D eigenvalue weighted by molar-refractivity contribution is 7.13. The second kappa shape index (κ2) is 9.61. The number of rotatable bonds is 6. The Hall–Kier alpha value is -3.39. The molecule has 3 rings (SSSR count). The number of aromatic nitrogens is 1. The van der Waals surface area contributed by atoms with Gasteiger partial charge in [-0.05, 0) is 38.5 Å². The molecule has 0 radical (unpaired) electrons. The van der Waals surface area contributed by atoms with Crippen molar-refractivity contribution in [2.45, 2.75) is 32.9 Å². The average Bonchev–Trinajstić information content (AvgIpc) is 3.14. The monoisotopic (exact) mass is 437 g/mol. The van der Waals surface area contributed by atoms with Crippen LogP contribution < -0.4 is 16.4 Å². The van der Waals surface area contributed by atoms with Crippen molar-refractivity contribution < 1.29 is 9.59 Å². The molecule has 0 bridgehead atoms. The fourth-order valence-electron chi connectivity index (χ4n) is 2.92. The number of thiazole rings is 1. The van der Waals surface area contributed by atoms with Gasteiger partial charge in [-0.15, -0.1) is 11.3 Å². The Balaban J connectivity index is 1.67. The summed E-state index contributed by atoms with van der Waals surface area (Å²) in [5, 5.41) is 8.18. The van der Waals surface area contributed by atoms with Crippen LogP contribution in [0, 0.1) is 0 Å². The first-order valence-electron chi connectivity index (χ1n) is 9.92. The van der Waals surface area contributed by atoms with Crippen LogP contribution in [0.2, 0.25) is 0 Å². The third-order valence-corrected chi connectivity index (χ3v) is 4.98. The molecule has 0 saturated carbocycles. The largest absolute Gasteiger partial charge is 0.375 e. The van der Waals surface area contributed by atoms with Crippen LogP contribution >= 0.6 is 11.3 Å². The summed E-state index contributed by atoms with van der Waals surface area (Å²) < 4.78 is 0. The van der Waals surface area contributed by atoms with Crippen molar-refractivity contribution in [1.82, 2.24) is 15.2 Å². The molecule has 2 aromatic carbocycles. The molecule has 0 unspecified atom stereocenters. The van der Waals surface area contributed by atoms with E-state index in [0.29, 0.717) is 17.4 Å². The van der Waals surface area contributed by atoms with Gasteiger partial charge in [-0.2, -0.15) is 0 Å². The highest BCUT2D eigenvalue weighted by Gasteiger charge is 2.22. The summed E-state index contributed by atoms with van der Waals surface area (Å²) in [6.07, 6.45) is 0. The Morgan fingerprint density at radius 1 is 1.06 bits per heavy atom. The summed E-state index contributed by atoms with van der Waals surface area (Å²) in [5.41, 5.74) is 8.60. The van der Waals surface area contributed by atoms with Crippen LogP contribution in [0.25, 0.3) is 11.3 Å². The van der Waals surface area contributed by atoms with Gasteiger partial charge in [0.15, 0.2) is 5.13 Å². The van der Waals surface area contributed by atoms with E-state index in [2.05, 4.69) is 15.6 Å². The van der Waals surface area contributed by atoms with Crippen LogP contribution in [0.15, 0.2) is 60.0 Å². The normalized spacial score (nSPS) is 11.1. The molecule has 8 heteroatoms. The van der Waals surface area contributed by atoms with Crippen LogP contribution in [-0.4, -0.2) is 33.9 Å². The molecule has 0 atom stereocenters. The molecule has 0 aliphatic carbocycles. The number of carbonyl (C=O) groups excluding carboxylic acids is 2. The first kappa shape index (κ1) is 22.3. The Labute approximate surface area is 186 Å². The Morgan fingerprint density at radius 3 is 2.32 bits per heavy atom. The number of nitrogens with zero attached hydrogens (tertiary/aromatic N) is 2. The van der Waals surface area contributed by atoms with Crippen molar-refractivity contribution in [1.29, 1.82) is 0 Å². The summed E-state index contributed by atoms with van der Waals surface area (Å²) in [4.78, 5) is 31.2. The van der Waals surface area contributed by atoms with E-state index in [1.54, 1.807) is 12.1 Å². The van der Waals surface area contributed by atoms with Gasteiger partial charge < -0.3 is 21.3 Å². The molecule has 1 heterocycles. The van der Waals surface area contributed by atoms with E-state index in [9.17, 15) is 9.59 Å². The number of nitrogen functional groups attached to an aromatic ring is 1. The standard InChI is InChI=1S/C23H27N5O2S/c1-23(2,3)27-22(30)28(13-16-7-5-4-6-8-16)14-20(29)25-18-11-9-17(10-12-18)19-15-31-21(24)26-19/h4-12,15H,13-14H2,1-3H3,(H2,24,26)(H,25,29)(H,27,30). The van der Waals surface area contributed by atoms with Crippen molar-refractivity contribution in [3.8, 4) is 11.3 Å². The van der Waals surface area contributed by atoms with E-state index < -0.39 is 5.54 Å². The van der Waals surface area contributed by atoms with Gasteiger partial charge in [0.25, 0.3) is 0 Å². The summed E-state index contributed by atoms with van der Waals surface area (Å²) in [6, 6.07) is 16.7. The van der Waals surface area contributed by atoms with Gasteiger partial charge in [-0.3, -0.25) is 4.79 Å². The van der Waals surface area contributed by atoms with E-state index in [1.807, 2.05) is 68.6 Å². The summed E-state index contributed by atoms with van der Waals surface area (Å²) >= 11 is 1.38. The first-order chi connectivity index (χ1) is 14.7. The van der Waals surface area contributed by atoms with Crippen LogP contribution in [0.3, 0.4) is 0 Å². The fraction of sp³-hybridized carbons (Fsp3) is 0.261. The highest BCUT2D eigenvalue weighted by Crippen LogP contribution is 2.24. The number of hydrogen-bond donors (Lipinski definition) is 3. The van der Waals surface area contributed by atoms with Gasteiger partial charge in [0.1, 0.15) is 6.54 Å². The van der Waals surface area contributed by atoms with Crippen LogP contribution in [0.5, 0.6) is 0 Å². The maximum absolute atomic E-state index is 12.8. The number of urea groups is 1. The van der Waals surface area contributed by atoms with Crippen LogP contribution in [-0.2, 0) is 11.3 Å². The predicted molar refractivity (Wildman–Crippen MR) is 126 cm³/mol. The second-order valence-electron chi connectivity index (χ2n) is 8.22. The Bertz CT molecular complexity index is 1030. The quantitative estimate of drug-likeness (QED) is 0.534. The topological polar surface area (TPSA) is 100 Å². The van der Waals surface area contributed by atoms with E-state index in [4.69, 9.17) is 5.73 Å². The van der Waals surface area contributed by atoms with Gasteiger partial charge in [0.05, 0.1) is 5.69 Å². The van der Waals surface area contributed by atoms with Crippen molar-refractivity contribution >= 4 is 34.1 Å². The molecule has 7 nitrogen and oxygen atoms in total. The van der Waals surface area contributed by atoms with Gasteiger partial charge in [0.2, 0.25) is 5.91 Å². The maximum Gasteiger partial charge on any atom is 0.318 e. The zero-order valence-electron chi connectivity index (χ0n) is 17.9. The van der Waals surface area contributed by atoms with Crippen molar-refractivity contribution in [3.63, 3.8) is 0 Å². The molecule has 0 spiro atoms. The SMILES string of the molecule is CC(C)(C)NC(=O)N(CC(=O)Nc1ccc(-c2csc(N)n2)cc1)Cc1ccccc1. The zero-order chi connectivity index (χ0) is 22.4. The van der Waals surface area contributed by atoms with Crippen molar-refractivity contribution in [2.24, 2.45) is 0 Å². The van der Waals surface area contributed by atoms with Gasteiger partial charge in [-0.25, -0.2) is 9.78 Å². The second-order valence-corrected chi connectivity index (χ2v) is 9.11. The van der Waals surface area contributed by atoms with Gasteiger partial charge >= 0.3 is 6.03 Å². The molecule has 3 aromatic rings. The smallest absolute Gasteiger partial charge is 0.318 e. The van der Waals surface area contributed by atoms with Crippen molar-refractivity contribution in [3.05, 3.63) is 65.5 Å². The maximum atomic E-state index is 12.8. The molecular weight excluding hydrogens is 410 g/mol. The molecular formula is C23H27N5O2S. The zero-order valence-corrected chi connectivity index (χ0v) is 18.7. The number of nitrogens with one attached hydrogen (secondary N) is 2. The minimum Gasteiger partial charge on any atom is -0.375 e. The Morgan fingerprint density at radius 2 is 1.74 bits per heavy atom. The lowest BCUT2D eigenvalue weighted by molar-refractivity contribution is -0.116. The van der Waals surface area contributed by atoms with Gasteiger partial charge in [-0.1, -0.05) is 42.5 Å². The number of benzene rings is 2. The first-order valence-corrected chi connectivity index (χ1v) is 10.8. The molecule has 0 aliphatic rings. The van der Waals surface area contributed by atoms with Gasteiger partial charge in [0, 0.05) is 28.7 Å². The third kappa shape index (κ3) is 6.82. The molecule has 4 N–H and O–H groups in total. The number of anilines is 2. The number of hydrogen-bond acceptors (Lipinski definition) is 5. The van der Waals surface area contributed by atoms with E-state index >= 15 is 0 Å². The summed E-state index contributed by atoms with van der Waals surface area (Å²) in [6.45, 7) is 5.98. The molecule has 1 aromatic heterocycles. The molecule has 3 amide bonds. The highest BCUT2D eigenvalue weighted by atomic mass is 32.1. The predicted octanol–water partition coefficient (Wildman–Crippen LogP) is 4.34. The molecule has 0 saturated heterocycles. The minimum atomic E-state index is -0.405. The van der Waals surface area contributed by atoms with E-state index in [1.165, 1.54) is 16.2 Å². The minimum absolute atomic E-state index is 0.0683. The lowest BCUT2D eigenvalue weighted by Crippen LogP contribution is -2.50. The molecule has 31 heavy (non-hydrogen) atoms. The molecule has 0 aliphatic heterocycles. The summed E-state index contributed by atoms with van der Waals surface area (Å²) in [5.74, 6) is -0.273. The lowest BCUT2D eigenvalue weighted by atomic mass is 10.1. The number of amides is 3. The molecule has 162 valence electrons. The van der Waals surface area contributed by atoms with E-state index in [-0.39, 0.29) is 18.5 Å². The van der Waals surface area contributed by atoms with Crippen molar-refractivity contribution in [2.75, 3.05) is 17.6 Å². The summed E-state index contributed by atoms with van der Waals surface area (Å²) in [7, 11) is 0. The van der Waals surface area contributed by atoms with Crippen LogP contribution in [0.1, 0.15) is 26.3 Å². The third-order valence-electron chi connectivity index (χ3n) is 4.31. The van der Waals surface area contributed by atoms with E-state index in [0.717, 1.165) is 16.8 Å². The Kier molecular flexibility index (Phi) is 6.91.